The molecule has 1 saturated carbocycles. The molecule has 1 aromatic heterocycles. The van der Waals surface area contributed by atoms with Gasteiger partial charge in [-0.25, -0.2) is 4.98 Å². The summed E-state index contributed by atoms with van der Waals surface area (Å²) in [5, 5.41) is 0. The fourth-order valence-corrected chi connectivity index (χ4v) is 1.93. The number of nitrogens with two attached hydrogens (primary N) is 1. The summed E-state index contributed by atoms with van der Waals surface area (Å²) in [4.78, 5) is 8.25. The molecule has 1 aliphatic rings. The summed E-state index contributed by atoms with van der Waals surface area (Å²) >= 11 is 0. The molecular weight excluding hydrogens is 190 g/mol. The highest BCUT2D eigenvalue weighted by Crippen LogP contribution is 2.24. The Hall–Kier alpha value is -1.16. The van der Waals surface area contributed by atoms with Gasteiger partial charge in [-0.15, -0.1) is 0 Å². The maximum absolute atomic E-state index is 5.55. The molecule has 2 rings (SSSR count). The highest BCUT2D eigenvalue weighted by molar-refractivity contribution is 5.04. The van der Waals surface area contributed by atoms with Crippen LogP contribution in [0.4, 0.5) is 0 Å². The number of nitrogens with zero attached hydrogens (tertiary/aromatic N) is 2. The molecule has 0 atom stereocenters. The zero-order valence-corrected chi connectivity index (χ0v) is 8.85. The van der Waals surface area contributed by atoms with Crippen molar-refractivity contribution in [2.75, 3.05) is 6.61 Å². The highest BCUT2D eigenvalue weighted by Gasteiger charge is 2.15. The van der Waals surface area contributed by atoms with Crippen LogP contribution in [0.2, 0.25) is 0 Å². The van der Waals surface area contributed by atoms with Crippen molar-refractivity contribution in [1.29, 1.82) is 0 Å². The number of hydrogen-bond acceptors (Lipinski definition) is 4. The summed E-state index contributed by atoms with van der Waals surface area (Å²) < 4.78 is 5.55. The number of aromatic nitrogens is 2. The summed E-state index contributed by atoms with van der Waals surface area (Å²) in [6.07, 6.45) is 6.90. The van der Waals surface area contributed by atoms with Crippen molar-refractivity contribution in [2.24, 2.45) is 11.7 Å². The van der Waals surface area contributed by atoms with Crippen molar-refractivity contribution in [3.8, 4) is 6.01 Å². The fourth-order valence-electron chi connectivity index (χ4n) is 1.93. The number of ether oxygens (including phenoxy) is 1. The van der Waals surface area contributed by atoms with E-state index in [0.717, 1.165) is 12.3 Å². The average Bonchev–Trinajstić information content (AvgIpc) is 2.79. The first-order valence-corrected chi connectivity index (χ1v) is 5.53. The molecule has 0 saturated heterocycles. The fraction of sp³-hybridized carbons (Fsp3) is 0.636. The Labute approximate surface area is 89.9 Å². The first kappa shape index (κ1) is 10.4. The topological polar surface area (TPSA) is 61.0 Å². The molecule has 15 heavy (non-hydrogen) atoms. The number of hydrogen-bond donors (Lipinski definition) is 1. The second kappa shape index (κ2) is 5.07. The standard InChI is InChI=1S/C11H17N3O/c12-7-10-5-6-13-11(14-10)15-8-9-3-1-2-4-9/h5-6,9H,1-4,7-8,12H2. The Morgan fingerprint density at radius 1 is 1.40 bits per heavy atom. The molecule has 4 heteroatoms. The Morgan fingerprint density at radius 3 is 2.93 bits per heavy atom. The van der Waals surface area contributed by atoms with Crippen LogP contribution in [-0.4, -0.2) is 16.6 Å². The smallest absolute Gasteiger partial charge is 0.316 e. The molecule has 0 aliphatic heterocycles. The predicted octanol–water partition coefficient (Wildman–Crippen LogP) is 1.50. The first-order valence-electron chi connectivity index (χ1n) is 5.53. The van der Waals surface area contributed by atoms with E-state index in [4.69, 9.17) is 10.5 Å². The SMILES string of the molecule is NCc1ccnc(OCC2CCCC2)n1. The third-order valence-electron chi connectivity index (χ3n) is 2.82. The van der Waals surface area contributed by atoms with Crippen molar-refractivity contribution in [2.45, 2.75) is 32.2 Å². The molecule has 1 aromatic rings. The zero-order chi connectivity index (χ0) is 10.5. The molecule has 1 fully saturated rings. The third kappa shape index (κ3) is 2.89. The van der Waals surface area contributed by atoms with Gasteiger partial charge in [0.2, 0.25) is 0 Å². The molecule has 1 heterocycles. The summed E-state index contributed by atoms with van der Waals surface area (Å²) in [5.41, 5.74) is 6.32. The molecular formula is C11H17N3O. The lowest BCUT2D eigenvalue weighted by Gasteiger charge is -2.09. The van der Waals surface area contributed by atoms with Gasteiger partial charge in [-0.05, 0) is 24.8 Å². The largest absolute Gasteiger partial charge is 0.463 e. The summed E-state index contributed by atoms with van der Waals surface area (Å²) in [6, 6.07) is 2.27. The van der Waals surface area contributed by atoms with Gasteiger partial charge >= 0.3 is 6.01 Å². The molecule has 0 spiro atoms. The minimum atomic E-state index is 0.433. The lowest BCUT2D eigenvalue weighted by atomic mass is 10.1. The Bertz CT molecular complexity index is 310. The van der Waals surface area contributed by atoms with E-state index < -0.39 is 0 Å². The van der Waals surface area contributed by atoms with E-state index in [1.54, 1.807) is 6.20 Å². The Morgan fingerprint density at radius 2 is 2.20 bits per heavy atom. The second-order valence-corrected chi connectivity index (χ2v) is 4.00. The van der Waals surface area contributed by atoms with Crippen LogP contribution in [0.1, 0.15) is 31.4 Å². The average molecular weight is 207 g/mol. The van der Waals surface area contributed by atoms with Gasteiger partial charge in [0, 0.05) is 12.7 Å². The van der Waals surface area contributed by atoms with Gasteiger partial charge in [-0.3, -0.25) is 0 Å². The van der Waals surface area contributed by atoms with Gasteiger partial charge in [0.25, 0.3) is 0 Å². The maximum Gasteiger partial charge on any atom is 0.316 e. The molecule has 0 radical (unpaired) electrons. The van der Waals surface area contributed by atoms with Crippen LogP contribution in [0, 0.1) is 5.92 Å². The molecule has 0 aromatic carbocycles. The van der Waals surface area contributed by atoms with Gasteiger partial charge in [-0.2, -0.15) is 4.98 Å². The van der Waals surface area contributed by atoms with Crippen LogP contribution >= 0.6 is 0 Å². The first-order chi connectivity index (χ1) is 7.38. The van der Waals surface area contributed by atoms with E-state index in [-0.39, 0.29) is 0 Å². The quantitative estimate of drug-likeness (QED) is 0.812. The predicted molar refractivity (Wildman–Crippen MR) is 57.4 cm³/mol. The normalized spacial score (nSPS) is 16.9. The van der Waals surface area contributed by atoms with Crippen LogP contribution < -0.4 is 10.5 Å². The van der Waals surface area contributed by atoms with E-state index in [1.165, 1.54) is 25.7 Å². The van der Waals surface area contributed by atoms with Gasteiger partial charge in [0.1, 0.15) is 0 Å². The van der Waals surface area contributed by atoms with Crippen LogP contribution in [-0.2, 0) is 6.54 Å². The molecule has 82 valence electrons. The molecule has 2 N–H and O–H groups in total. The Balaban J connectivity index is 1.86. The van der Waals surface area contributed by atoms with E-state index in [1.807, 2.05) is 6.07 Å². The van der Waals surface area contributed by atoms with Crippen LogP contribution in [0.15, 0.2) is 12.3 Å². The summed E-state index contributed by atoms with van der Waals surface area (Å²) in [7, 11) is 0. The third-order valence-corrected chi connectivity index (χ3v) is 2.82. The molecule has 0 bridgehead atoms. The van der Waals surface area contributed by atoms with Crippen LogP contribution in [0.5, 0.6) is 6.01 Å². The molecule has 4 nitrogen and oxygen atoms in total. The van der Waals surface area contributed by atoms with Crippen molar-refractivity contribution in [3.05, 3.63) is 18.0 Å². The van der Waals surface area contributed by atoms with E-state index in [9.17, 15) is 0 Å². The van der Waals surface area contributed by atoms with Gasteiger partial charge in [-0.1, -0.05) is 12.8 Å². The minimum Gasteiger partial charge on any atom is -0.463 e. The van der Waals surface area contributed by atoms with Crippen molar-refractivity contribution < 1.29 is 4.74 Å². The zero-order valence-electron chi connectivity index (χ0n) is 8.85. The van der Waals surface area contributed by atoms with E-state index in [2.05, 4.69) is 9.97 Å². The highest BCUT2D eigenvalue weighted by atomic mass is 16.5. The second-order valence-electron chi connectivity index (χ2n) is 4.00. The summed E-state index contributed by atoms with van der Waals surface area (Å²) in [5.74, 6) is 0.690. The maximum atomic E-state index is 5.55. The van der Waals surface area contributed by atoms with Gasteiger partial charge < -0.3 is 10.5 Å². The summed E-state index contributed by atoms with van der Waals surface area (Å²) in [6.45, 7) is 1.18. The molecule has 1 aliphatic carbocycles. The van der Waals surface area contributed by atoms with Gasteiger partial charge in [0.05, 0.1) is 12.3 Å². The van der Waals surface area contributed by atoms with E-state index >= 15 is 0 Å². The molecule has 0 amide bonds. The van der Waals surface area contributed by atoms with E-state index in [0.29, 0.717) is 18.5 Å². The Kier molecular flexibility index (Phi) is 3.50. The van der Waals surface area contributed by atoms with Crippen molar-refractivity contribution in [3.63, 3.8) is 0 Å². The monoisotopic (exact) mass is 207 g/mol. The number of rotatable bonds is 4. The van der Waals surface area contributed by atoms with Crippen LogP contribution in [0.3, 0.4) is 0 Å². The lowest BCUT2D eigenvalue weighted by Crippen LogP contribution is -2.11. The minimum absolute atomic E-state index is 0.433. The van der Waals surface area contributed by atoms with Crippen molar-refractivity contribution >= 4 is 0 Å². The molecule has 0 unspecified atom stereocenters. The lowest BCUT2D eigenvalue weighted by molar-refractivity contribution is 0.233. The van der Waals surface area contributed by atoms with Crippen molar-refractivity contribution in [1.82, 2.24) is 9.97 Å². The van der Waals surface area contributed by atoms with Gasteiger partial charge in [0.15, 0.2) is 0 Å². The van der Waals surface area contributed by atoms with Crippen LogP contribution in [0.25, 0.3) is 0 Å².